The number of benzene rings is 1. The van der Waals surface area contributed by atoms with Gasteiger partial charge in [-0.1, -0.05) is 0 Å². The summed E-state index contributed by atoms with van der Waals surface area (Å²) >= 11 is 0. The lowest BCUT2D eigenvalue weighted by Gasteiger charge is -2.11. The van der Waals surface area contributed by atoms with Crippen LogP contribution in [-0.4, -0.2) is 26.7 Å². The van der Waals surface area contributed by atoms with E-state index >= 15 is 0 Å². The molecule has 0 amide bonds. The van der Waals surface area contributed by atoms with E-state index in [4.69, 9.17) is 14.2 Å². The van der Waals surface area contributed by atoms with Crippen molar-refractivity contribution >= 4 is 0 Å². The predicted molar refractivity (Wildman–Crippen MR) is 68.5 cm³/mol. The molecule has 7 heteroatoms. The number of rotatable bonds is 5. The summed E-state index contributed by atoms with van der Waals surface area (Å²) in [6.07, 6.45) is 1.49. The molecule has 2 aromatic rings. The minimum absolute atomic E-state index is 0.132. The Labute approximate surface area is 115 Å². The third kappa shape index (κ3) is 2.27. The van der Waals surface area contributed by atoms with Crippen LogP contribution in [0.5, 0.6) is 17.2 Å². The molecule has 0 radical (unpaired) electrons. The van der Waals surface area contributed by atoms with Crippen molar-refractivity contribution < 1.29 is 19.3 Å². The molecule has 1 aromatic heterocycles. The van der Waals surface area contributed by atoms with Gasteiger partial charge >= 0.3 is 0 Å². The molecule has 3 rings (SSSR count). The molecular weight excluding hydrogens is 262 g/mol. The number of aromatic nitrogens is 3. The molecule has 106 valence electrons. The summed E-state index contributed by atoms with van der Waals surface area (Å²) in [6, 6.07) is 3.45. The van der Waals surface area contributed by atoms with Gasteiger partial charge in [-0.2, -0.15) is 5.10 Å². The van der Waals surface area contributed by atoms with Crippen molar-refractivity contribution in [3.63, 3.8) is 0 Å². The lowest BCUT2D eigenvalue weighted by atomic mass is 10.2. The Morgan fingerprint density at radius 1 is 1.35 bits per heavy atom. The number of nitrogens with zero attached hydrogens (tertiary/aromatic N) is 3. The van der Waals surface area contributed by atoms with E-state index in [0.717, 1.165) is 12.4 Å². The number of aryl methyl sites for hydroxylation is 1. The molecule has 0 bridgehead atoms. The van der Waals surface area contributed by atoms with Gasteiger partial charge in [0.2, 0.25) is 6.79 Å². The van der Waals surface area contributed by atoms with Crippen LogP contribution in [0.1, 0.15) is 18.3 Å². The highest BCUT2D eigenvalue weighted by atomic mass is 16.7. The molecule has 1 aromatic carbocycles. The number of fused-ring (bicyclic) bond motifs is 1. The summed E-state index contributed by atoms with van der Waals surface area (Å²) in [5.41, 5.74) is 0.650. The number of hydrogen-bond donors (Lipinski definition) is 1. The van der Waals surface area contributed by atoms with Crippen molar-refractivity contribution in [3.05, 3.63) is 29.8 Å². The monoisotopic (exact) mass is 277 g/mol. The van der Waals surface area contributed by atoms with Gasteiger partial charge < -0.3 is 19.3 Å². The first-order chi connectivity index (χ1) is 9.81. The summed E-state index contributed by atoms with van der Waals surface area (Å²) in [7, 11) is 0. The number of hydrogen-bond acceptors (Lipinski definition) is 6. The Kier molecular flexibility index (Phi) is 3.42. The van der Waals surface area contributed by atoms with Gasteiger partial charge in [-0.25, -0.2) is 9.67 Å². The third-order valence-corrected chi connectivity index (χ3v) is 3.08. The zero-order chi connectivity index (χ0) is 13.9. The van der Waals surface area contributed by atoms with Crippen molar-refractivity contribution in [2.45, 2.75) is 26.7 Å². The van der Waals surface area contributed by atoms with Crippen molar-refractivity contribution in [3.8, 4) is 17.2 Å². The van der Waals surface area contributed by atoms with E-state index in [-0.39, 0.29) is 20.0 Å². The molecule has 0 atom stereocenters. The van der Waals surface area contributed by atoms with Crippen LogP contribution in [0.3, 0.4) is 0 Å². The predicted octanol–water partition coefficient (Wildman–Crippen LogP) is 1.10. The summed E-state index contributed by atoms with van der Waals surface area (Å²) in [5.74, 6) is 2.53. The Hall–Kier alpha value is -2.28. The number of ether oxygens (including phenoxy) is 3. The molecule has 0 spiro atoms. The maximum Gasteiger partial charge on any atom is 0.231 e. The smallest absolute Gasteiger partial charge is 0.231 e. The van der Waals surface area contributed by atoms with Gasteiger partial charge in [0.25, 0.3) is 0 Å². The van der Waals surface area contributed by atoms with Crippen LogP contribution in [0, 0.1) is 0 Å². The quantitative estimate of drug-likeness (QED) is 0.881. The summed E-state index contributed by atoms with van der Waals surface area (Å²) in [6.45, 7) is 3.05. The van der Waals surface area contributed by atoms with Crippen LogP contribution in [0.4, 0.5) is 0 Å². The molecule has 0 aliphatic carbocycles. The molecule has 1 aliphatic rings. The zero-order valence-electron chi connectivity index (χ0n) is 11.1. The Bertz CT molecular complexity index is 612. The van der Waals surface area contributed by atoms with Crippen molar-refractivity contribution in [2.24, 2.45) is 0 Å². The maximum atomic E-state index is 9.40. The first kappa shape index (κ1) is 12.7. The molecule has 20 heavy (non-hydrogen) atoms. The van der Waals surface area contributed by atoms with E-state index < -0.39 is 0 Å². The van der Waals surface area contributed by atoms with Gasteiger partial charge in [0, 0.05) is 18.2 Å². The van der Waals surface area contributed by atoms with E-state index in [1.165, 1.54) is 6.33 Å². The Balaban J connectivity index is 1.80. The average Bonchev–Trinajstić information content (AvgIpc) is 3.11. The second-order valence-electron chi connectivity index (χ2n) is 4.25. The fourth-order valence-corrected chi connectivity index (χ4v) is 2.03. The SMILES string of the molecule is CCn1ncnc1COc1cc2c(cc1CO)OCO2. The molecule has 1 N–H and O–H groups in total. The highest BCUT2D eigenvalue weighted by Crippen LogP contribution is 2.38. The minimum Gasteiger partial charge on any atom is -0.485 e. The highest BCUT2D eigenvalue weighted by molar-refractivity contribution is 5.51. The number of aliphatic hydroxyl groups is 1. The molecule has 1 aliphatic heterocycles. The van der Waals surface area contributed by atoms with E-state index in [0.29, 0.717) is 22.8 Å². The van der Waals surface area contributed by atoms with Crippen molar-refractivity contribution in [1.29, 1.82) is 0 Å². The van der Waals surface area contributed by atoms with Crippen molar-refractivity contribution in [2.75, 3.05) is 6.79 Å². The van der Waals surface area contributed by atoms with Crippen LogP contribution < -0.4 is 14.2 Å². The van der Waals surface area contributed by atoms with E-state index in [9.17, 15) is 5.11 Å². The summed E-state index contributed by atoms with van der Waals surface area (Å²) in [4.78, 5) is 4.14. The van der Waals surface area contributed by atoms with Crippen molar-refractivity contribution in [1.82, 2.24) is 14.8 Å². The molecule has 0 unspecified atom stereocenters. The Morgan fingerprint density at radius 2 is 2.15 bits per heavy atom. The van der Waals surface area contributed by atoms with Gasteiger partial charge in [-0.05, 0) is 13.0 Å². The first-order valence-electron chi connectivity index (χ1n) is 6.34. The lowest BCUT2D eigenvalue weighted by molar-refractivity contribution is 0.173. The van der Waals surface area contributed by atoms with Gasteiger partial charge in [-0.3, -0.25) is 0 Å². The molecule has 2 heterocycles. The second kappa shape index (κ2) is 5.38. The molecule has 7 nitrogen and oxygen atoms in total. The lowest BCUT2D eigenvalue weighted by Crippen LogP contribution is -2.08. The van der Waals surface area contributed by atoms with Crippen LogP contribution in [0.25, 0.3) is 0 Å². The standard InChI is InChI=1S/C13H15N3O4/c1-2-16-13(14-7-15-16)6-18-10-4-12-11(19-8-20-12)3-9(10)5-17/h3-4,7,17H,2,5-6,8H2,1H3. The third-order valence-electron chi connectivity index (χ3n) is 3.08. The van der Waals surface area contributed by atoms with Crippen LogP contribution in [-0.2, 0) is 19.8 Å². The minimum atomic E-state index is -0.132. The van der Waals surface area contributed by atoms with Gasteiger partial charge in [0.1, 0.15) is 18.7 Å². The molecule has 0 saturated heterocycles. The van der Waals surface area contributed by atoms with Gasteiger partial charge in [-0.15, -0.1) is 0 Å². The normalized spacial score (nSPS) is 12.7. The maximum absolute atomic E-state index is 9.40. The summed E-state index contributed by atoms with van der Waals surface area (Å²) < 4.78 is 18.0. The van der Waals surface area contributed by atoms with Crippen LogP contribution in [0.2, 0.25) is 0 Å². The number of aliphatic hydroxyl groups excluding tert-OH is 1. The summed E-state index contributed by atoms with van der Waals surface area (Å²) in [5, 5.41) is 13.5. The van der Waals surface area contributed by atoms with Gasteiger partial charge in [0.05, 0.1) is 6.61 Å². The average molecular weight is 277 g/mol. The van der Waals surface area contributed by atoms with E-state index in [1.54, 1.807) is 16.8 Å². The highest BCUT2D eigenvalue weighted by Gasteiger charge is 2.18. The Morgan fingerprint density at radius 3 is 2.90 bits per heavy atom. The van der Waals surface area contributed by atoms with Crippen LogP contribution in [0.15, 0.2) is 18.5 Å². The fraction of sp³-hybridized carbons (Fsp3) is 0.385. The second-order valence-corrected chi connectivity index (χ2v) is 4.25. The van der Waals surface area contributed by atoms with E-state index in [1.807, 2.05) is 6.92 Å². The topological polar surface area (TPSA) is 78.6 Å². The largest absolute Gasteiger partial charge is 0.485 e. The fourth-order valence-electron chi connectivity index (χ4n) is 2.03. The molecule has 0 saturated carbocycles. The molecule has 0 fully saturated rings. The zero-order valence-corrected chi connectivity index (χ0v) is 11.1. The van der Waals surface area contributed by atoms with Crippen LogP contribution >= 0.6 is 0 Å². The first-order valence-corrected chi connectivity index (χ1v) is 6.34. The van der Waals surface area contributed by atoms with Gasteiger partial charge in [0.15, 0.2) is 17.3 Å². The molecular formula is C13H15N3O4. The van der Waals surface area contributed by atoms with E-state index in [2.05, 4.69) is 10.1 Å².